The molecule has 0 bridgehead atoms. The third-order valence-electron chi connectivity index (χ3n) is 2.11. The summed E-state index contributed by atoms with van der Waals surface area (Å²) in [4.78, 5) is 38.7. The summed E-state index contributed by atoms with van der Waals surface area (Å²) in [6.45, 7) is 6.03. The molecule has 0 saturated heterocycles. The summed E-state index contributed by atoms with van der Waals surface area (Å²) in [7, 11) is 0. The minimum absolute atomic E-state index is 0. The molecule has 3 atom stereocenters. The smallest absolute Gasteiger partial charge is 0.333 e. The van der Waals surface area contributed by atoms with Crippen molar-refractivity contribution in [2.75, 3.05) is 0 Å². The van der Waals surface area contributed by atoms with Gasteiger partial charge in [0.05, 0.1) is 12.5 Å². The van der Waals surface area contributed by atoms with E-state index in [1.165, 1.54) is 0 Å². The van der Waals surface area contributed by atoms with E-state index in [0.717, 1.165) is 6.42 Å². The summed E-state index contributed by atoms with van der Waals surface area (Å²) >= 11 is 0. The van der Waals surface area contributed by atoms with Crippen molar-refractivity contribution in [1.82, 2.24) is 0 Å². The summed E-state index contributed by atoms with van der Waals surface area (Å²) < 4.78 is 0. The van der Waals surface area contributed by atoms with Gasteiger partial charge < -0.3 is 40.5 Å². The van der Waals surface area contributed by atoms with E-state index in [2.05, 4.69) is 13.8 Å². The molecule has 0 amide bonds. The molecule has 3 unspecified atom stereocenters. The number of carboxylic acid groups (broad SMARTS) is 4. The Morgan fingerprint density at radius 2 is 1.19 bits per heavy atom. The molecule has 0 aromatic heterocycles. The van der Waals surface area contributed by atoms with Crippen LogP contribution in [0.5, 0.6) is 0 Å². The zero-order valence-corrected chi connectivity index (χ0v) is 17.8. The largest absolute Gasteiger partial charge is 0.550 e. The maximum Gasteiger partial charge on any atom is 0.333 e. The summed E-state index contributed by atoms with van der Waals surface area (Å²) in [5.74, 6) is -5.36. The predicted molar refractivity (Wildman–Crippen MR) is 89.1 cm³/mol. The quantitative estimate of drug-likeness (QED) is 0.240. The van der Waals surface area contributed by atoms with Gasteiger partial charge in [-0.3, -0.25) is 4.79 Å². The van der Waals surface area contributed by atoms with E-state index >= 15 is 0 Å². The van der Waals surface area contributed by atoms with Gasteiger partial charge in [0.1, 0.15) is 0 Å². The first-order valence-corrected chi connectivity index (χ1v) is 7.12. The average molecular weight is 453 g/mol. The second-order valence-corrected chi connectivity index (χ2v) is 5.36. The topological polar surface area (TPSA) is 213 Å². The SMILES string of the molecule is C.CC(C)CC(C)O.O=C(O)CC(O)C(=O)O.O=C([O-])CC(O)C(=O)O.[HH].[Zn]. The van der Waals surface area contributed by atoms with E-state index in [1.54, 1.807) is 0 Å². The van der Waals surface area contributed by atoms with E-state index in [1.807, 2.05) is 6.92 Å². The van der Waals surface area contributed by atoms with Crippen LogP contribution < -0.4 is 5.11 Å². The predicted octanol–water partition coefficient (Wildman–Crippen LogP) is -1.23. The van der Waals surface area contributed by atoms with Crippen LogP contribution in [0.2, 0.25) is 0 Å². The minimum Gasteiger partial charge on any atom is -0.550 e. The van der Waals surface area contributed by atoms with Crippen LogP contribution in [-0.4, -0.2) is 72.8 Å². The van der Waals surface area contributed by atoms with Crippen LogP contribution >= 0.6 is 0 Å². The Bertz CT molecular complexity index is 392. The molecule has 160 valence electrons. The Balaban J connectivity index is -0.0000000620. The van der Waals surface area contributed by atoms with Gasteiger partial charge in [-0.1, -0.05) is 21.3 Å². The van der Waals surface area contributed by atoms with Gasteiger partial charge in [0, 0.05) is 33.3 Å². The van der Waals surface area contributed by atoms with Crippen LogP contribution in [0, 0.1) is 5.92 Å². The minimum atomic E-state index is -1.85. The number of carbonyl (C=O) groups excluding carboxylic acids is 1. The first-order chi connectivity index (χ1) is 11.2. The first-order valence-electron chi connectivity index (χ1n) is 7.12. The molecule has 0 aliphatic carbocycles. The van der Waals surface area contributed by atoms with Crippen molar-refractivity contribution in [3.63, 3.8) is 0 Å². The fourth-order valence-electron chi connectivity index (χ4n) is 1.18. The molecule has 0 rings (SSSR count). The normalized spacial score (nSPS) is 12.3. The van der Waals surface area contributed by atoms with Gasteiger partial charge in [0.2, 0.25) is 0 Å². The third-order valence-corrected chi connectivity index (χ3v) is 2.11. The van der Waals surface area contributed by atoms with Gasteiger partial charge in [-0.05, 0) is 19.3 Å². The maximum absolute atomic E-state index is 9.72. The molecule has 0 aliphatic heterocycles. The molecule has 6 N–H and O–H groups in total. The summed E-state index contributed by atoms with van der Waals surface area (Å²) in [5.41, 5.74) is 0. The molecule has 0 spiro atoms. The van der Waals surface area contributed by atoms with Gasteiger partial charge in [-0.25, -0.2) is 9.59 Å². The summed E-state index contributed by atoms with van der Waals surface area (Å²) in [5, 5.41) is 58.6. The van der Waals surface area contributed by atoms with Crippen molar-refractivity contribution in [2.24, 2.45) is 5.92 Å². The first kappa shape index (κ1) is 36.3. The molecular formula is C15H31O11Zn-. The van der Waals surface area contributed by atoms with Crippen molar-refractivity contribution in [3.8, 4) is 0 Å². The molecule has 0 saturated carbocycles. The van der Waals surface area contributed by atoms with Crippen molar-refractivity contribution in [3.05, 3.63) is 0 Å². The van der Waals surface area contributed by atoms with Crippen LogP contribution in [-0.2, 0) is 38.7 Å². The van der Waals surface area contributed by atoms with Gasteiger partial charge in [0.25, 0.3) is 0 Å². The average Bonchev–Trinajstić information content (AvgIpc) is 2.36. The van der Waals surface area contributed by atoms with Crippen LogP contribution in [0.15, 0.2) is 0 Å². The molecule has 0 aromatic rings. The molecule has 0 fully saturated rings. The number of carbonyl (C=O) groups is 4. The number of hydrogen-bond donors (Lipinski definition) is 6. The molecule has 0 aliphatic rings. The Morgan fingerprint density at radius 3 is 1.26 bits per heavy atom. The fraction of sp³-hybridized carbons (Fsp3) is 0.733. The number of hydrogen-bond acceptors (Lipinski definition) is 8. The Morgan fingerprint density at radius 1 is 0.852 bits per heavy atom. The van der Waals surface area contributed by atoms with Crippen LogP contribution in [0.1, 0.15) is 48.9 Å². The standard InChI is InChI=1S/C6H14O.2C4H6O5.CH4.Zn.H2/c1-5(2)4-6(3)7;2*5-2(4(8)9)1-3(6)7;;;/h5-7H,4H2,1-3H3;2*2,5H,1H2,(H,6,7)(H,8,9);1H4;;1H/p-1. The van der Waals surface area contributed by atoms with Crippen molar-refractivity contribution in [1.29, 1.82) is 0 Å². The number of aliphatic hydroxyl groups is 3. The maximum atomic E-state index is 9.72. The van der Waals surface area contributed by atoms with Crippen LogP contribution in [0.25, 0.3) is 0 Å². The van der Waals surface area contributed by atoms with Gasteiger partial charge >= 0.3 is 17.9 Å². The molecular weight excluding hydrogens is 422 g/mol. The zero-order chi connectivity index (χ0) is 20.7. The number of carboxylic acids is 4. The third kappa shape index (κ3) is 36.1. The fourth-order valence-corrected chi connectivity index (χ4v) is 1.18. The number of rotatable bonds is 8. The van der Waals surface area contributed by atoms with Gasteiger partial charge in [-0.15, -0.1) is 0 Å². The summed E-state index contributed by atoms with van der Waals surface area (Å²) in [6.07, 6.45) is -4.47. The molecule has 27 heavy (non-hydrogen) atoms. The van der Waals surface area contributed by atoms with Crippen LogP contribution in [0.3, 0.4) is 0 Å². The van der Waals surface area contributed by atoms with E-state index in [0.29, 0.717) is 5.92 Å². The second-order valence-electron chi connectivity index (χ2n) is 5.36. The molecule has 11 nitrogen and oxygen atoms in total. The second kappa shape index (κ2) is 20.7. The van der Waals surface area contributed by atoms with E-state index in [-0.39, 0.29) is 34.4 Å². The molecule has 0 aromatic carbocycles. The number of aliphatic hydroxyl groups excluding tert-OH is 3. The van der Waals surface area contributed by atoms with Crippen molar-refractivity contribution in [2.45, 2.75) is 65.8 Å². The van der Waals surface area contributed by atoms with Crippen LogP contribution in [0.4, 0.5) is 0 Å². The van der Waals surface area contributed by atoms with Gasteiger partial charge in [0.15, 0.2) is 12.2 Å². The van der Waals surface area contributed by atoms with E-state index in [4.69, 9.17) is 30.6 Å². The van der Waals surface area contributed by atoms with Gasteiger partial charge in [-0.2, -0.15) is 0 Å². The zero-order valence-electron chi connectivity index (χ0n) is 14.9. The monoisotopic (exact) mass is 451 g/mol. The van der Waals surface area contributed by atoms with E-state index < -0.39 is 48.9 Å². The molecule has 0 radical (unpaired) electrons. The molecule has 12 heteroatoms. The Labute approximate surface area is 171 Å². The van der Waals surface area contributed by atoms with Crippen molar-refractivity contribution < 1.29 is 75.8 Å². The number of aliphatic carboxylic acids is 4. The summed E-state index contributed by atoms with van der Waals surface area (Å²) in [6, 6.07) is 0. The van der Waals surface area contributed by atoms with Crippen molar-refractivity contribution >= 4 is 23.9 Å². The van der Waals surface area contributed by atoms with E-state index in [9.17, 15) is 24.3 Å². The Kier molecular flexibility index (Phi) is 27.8. The molecule has 0 heterocycles. The Hall–Kier alpha value is -1.62.